The first kappa shape index (κ1) is 16.3. The number of carbonyl (C=O) groups is 2. The van der Waals surface area contributed by atoms with Gasteiger partial charge in [0, 0.05) is 52.3 Å². The molecule has 2 aromatic heterocycles. The van der Waals surface area contributed by atoms with Crippen LogP contribution >= 0.6 is 0 Å². The Hall–Kier alpha value is -2.61. The molecule has 0 aliphatic carbocycles. The summed E-state index contributed by atoms with van der Waals surface area (Å²) < 4.78 is 10.3. The Balaban J connectivity index is 1.43. The summed E-state index contributed by atoms with van der Waals surface area (Å²) in [6, 6.07) is 5.03. The minimum atomic E-state index is -0.279. The fraction of sp³-hybridized carbons (Fsp3) is 0.438. The van der Waals surface area contributed by atoms with Gasteiger partial charge in [0.15, 0.2) is 11.5 Å². The molecule has 3 rings (SSSR count). The van der Waals surface area contributed by atoms with Crippen molar-refractivity contribution in [2.24, 2.45) is 0 Å². The highest BCUT2D eigenvalue weighted by Crippen LogP contribution is 2.20. The van der Waals surface area contributed by atoms with Crippen LogP contribution in [0.4, 0.5) is 0 Å². The molecule has 1 saturated heterocycles. The Morgan fingerprint density at radius 2 is 2.04 bits per heavy atom. The number of carbonyl (C=O) groups excluding carboxylic acids is 2. The predicted molar refractivity (Wildman–Crippen MR) is 85.2 cm³/mol. The van der Waals surface area contributed by atoms with Gasteiger partial charge in [-0.2, -0.15) is 0 Å². The number of furan rings is 1. The van der Waals surface area contributed by atoms with Crippen LogP contribution in [0, 0.1) is 0 Å². The SMILES string of the molecule is CC(=O)N1CCN(CCNC(=O)c2cc(-c3ccco3)on2)CC1. The fourth-order valence-corrected chi connectivity index (χ4v) is 2.62. The van der Waals surface area contributed by atoms with Gasteiger partial charge in [-0.25, -0.2) is 0 Å². The zero-order chi connectivity index (χ0) is 16.9. The van der Waals surface area contributed by atoms with Gasteiger partial charge in [0.2, 0.25) is 11.7 Å². The molecule has 128 valence electrons. The minimum Gasteiger partial charge on any atom is -0.461 e. The fourth-order valence-electron chi connectivity index (χ4n) is 2.62. The van der Waals surface area contributed by atoms with Gasteiger partial charge in [-0.3, -0.25) is 14.5 Å². The molecule has 1 N–H and O–H groups in total. The summed E-state index contributed by atoms with van der Waals surface area (Å²) in [5.74, 6) is 0.788. The molecule has 8 heteroatoms. The first-order valence-corrected chi connectivity index (χ1v) is 7.90. The van der Waals surface area contributed by atoms with E-state index >= 15 is 0 Å². The summed E-state index contributed by atoms with van der Waals surface area (Å²) >= 11 is 0. The van der Waals surface area contributed by atoms with Crippen molar-refractivity contribution in [3.8, 4) is 11.5 Å². The van der Waals surface area contributed by atoms with Crippen LogP contribution in [0.2, 0.25) is 0 Å². The highest BCUT2D eigenvalue weighted by Gasteiger charge is 2.19. The third kappa shape index (κ3) is 3.83. The molecule has 0 unspecified atom stereocenters. The molecule has 0 spiro atoms. The smallest absolute Gasteiger partial charge is 0.273 e. The van der Waals surface area contributed by atoms with Crippen LogP contribution in [0.5, 0.6) is 0 Å². The standard InChI is InChI=1S/C16H20N4O4/c1-12(21)20-8-6-19(7-9-20)5-4-17-16(22)13-11-15(24-18-13)14-3-2-10-23-14/h2-3,10-11H,4-9H2,1H3,(H,17,22). The van der Waals surface area contributed by atoms with E-state index in [9.17, 15) is 9.59 Å². The summed E-state index contributed by atoms with van der Waals surface area (Å²) in [5.41, 5.74) is 0.225. The van der Waals surface area contributed by atoms with E-state index in [2.05, 4.69) is 15.4 Å². The minimum absolute atomic E-state index is 0.112. The Bertz CT molecular complexity index is 687. The lowest BCUT2D eigenvalue weighted by molar-refractivity contribution is -0.130. The van der Waals surface area contributed by atoms with Crippen LogP contribution in [0.25, 0.3) is 11.5 Å². The van der Waals surface area contributed by atoms with Crippen molar-refractivity contribution in [3.05, 3.63) is 30.2 Å². The maximum Gasteiger partial charge on any atom is 0.273 e. The molecule has 0 aromatic carbocycles. The lowest BCUT2D eigenvalue weighted by Crippen LogP contribution is -2.49. The molecular formula is C16H20N4O4. The number of hydrogen-bond donors (Lipinski definition) is 1. The number of hydrogen-bond acceptors (Lipinski definition) is 6. The summed E-state index contributed by atoms with van der Waals surface area (Å²) in [5, 5.41) is 6.59. The number of amides is 2. The monoisotopic (exact) mass is 332 g/mol. The molecule has 0 saturated carbocycles. The summed E-state index contributed by atoms with van der Waals surface area (Å²) in [6.07, 6.45) is 1.53. The number of nitrogens with one attached hydrogen (secondary N) is 1. The normalized spacial score (nSPS) is 15.5. The third-order valence-corrected chi connectivity index (χ3v) is 4.04. The topological polar surface area (TPSA) is 91.8 Å². The molecule has 0 bridgehead atoms. The number of nitrogens with zero attached hydrogens (tertiary/aromatic N) is 3. The first-order chi connectivity index (χ1) is 11.6. The second-order valence-corrected chi connectivity index (χ2v) is 5.66. The van der Waals surface area contributed by atoms with Gasteiger partial charge in [-0.05, 0) is 12.1 Å². The van der Waals surface area contributed by atoms with Gasteiger partial charge in [0.05, 0.1) is 6.26 Å². The second-order valence-electron chi connectivity index (χ2n) is 5.66. The van der Waals surface area contributed by atoms with E-state index in [-0.39, 0.29) is 17.5 Å². The quantitative estimate of drug-likeness (QED) is 0.872. The van der Waals surface area contributed by atoms with E-state index in [4.69, 9.17) is 8.94 Å². The van der Waals surface area contributed by atoms with Crippen molar-refractivity contribution in [1.29, 1.82) is 0 Å². The van der Waals surface area contributed by atoms with E-state index in [0.29, 0.717) is 18.1 Å². The molecule has 3 heterocycles. The van der Waals surface area contributed by atoms with Crippen molar-refractivity contribution in [2.45, 2.75) is 6.92 Å². The number of rotatable bonds is 5. The van der Waals surface area contributed by atoms with E-state index in [1.54, 1.807) is 25.1 Å². The largest absolute Gasteiger partial charge is 0.461 e. The van der Waals surface area contributed by atoms with E-state index in [0.717, 1.165) is 32.7 Å². The first-order valence-electron chi connectivity index (χ1n) is 7.90. The third-order valence-electron chi connectivity index (χ3n) is 4.04. The van der Waals surface area contributed by atoms with Gasteiger partial charge in [0.25, 0.3) is 5.91 Å². The molecule has 1 aliphatic heterocycles. The van der Waals surface area contributed by atoms with Crippen molar-refractivity contribution >= 4 is 11.8 Å². The zero-order valence-electron chi connectivity index (χ0n) is 13.5. The highest BCUT2D eigenvalue weighted by molar-refractivity contribution is 5.92. The molecule has 2 amide bonds. The van der Waals surface area contributed by atoms with Gasteiger partial charge in [-0.1, -0.05) is 5.16 Å². The molecule has 24 heavy (non-hydrogen) atoms. The molecule has 0 atom stereocenters. The molecular weight excluding hydrogens is 312 g/mol. The maximum atomic E-state index is 12.1. The van der Waals surface area contributed by atoms with Crippen molar-refractivity contribution < 1.29 is 18.5 Å². The summed E-state index contributed by atoms with van der Waals surface area (Å²) in [6.45, 7) is 5.95. The van der Waals surface area contributed by atoms with E-state index in [1.807, 2.05) is 4.90 Å². The predicted octanol–water partition coefficient (Wildman–Crippen LogP) is 0.829. The Morgan fingerprint density at radius 3 is 2.71 bits per heavy atom. The average molecular weight is 332 g/mol. The highest BCUT2D eigenvalue weighted by atomic mass is 16.5. The Kier molecular flexibility index (Phi) is 4.95. The summed E-state index contributed by atoms with van der Waals surface area (Å²) in [4.78, 5) is 27.4. The van der Waals surface area contributed by atoms with Gasteiger partial charge >= 0.3 is 0 Å². The Labute approximate surface area is 139 Å². The zero-order valence-corrected chi connectivity index (χ0v) is 13.5. The number of piperazine rings is 1. The van der Waals surface area contributed by atoms with Crippen LogP contribution in [0.1, 0.15) is 17.4 Å². The average Bonchev–Trinajstić information content (AvgIpc) is 3.26. The lowest BCUT2D eigenvalue weighted by Gasteiger charge is -2.34. The second kappa shape index (κ2) is 7.31. The van der Waals surface area contributed by atoms with Crippen LogP contribution < -0.4 is 5.32 Å². The molecule has 1 aliphatic rings. The molecule has 1 fully saturated rings. The van der Waals surface area contributed by atoms with Gasteiger partial charge < -0.3 is 19.2 Å². The van der Waals surface area contributed by atoms with Crippen LogP contribution in [0.3, 0.4) is 0 Å². The van der Waals surface area contributed by atoms with E-state index < -0.39 is 0 Å². The van der Waals surface area contributed by atoms with Crippen LogP contribution in [0.15, 0.2) is 33.4 Å². The maximum absolute atomic E-state index is 12.1. The molecule has 0 radical (unpaired) electrons. The van der Waals surface area contributed by atoms with Gasteiger partial charge in [-0.15, -0.1) is 0 Å². The van der Waals surface area contributed by atoms with Crippen LogP contribution in [-0.4, -0.2) is 66.0 Å². The van der Waals surface area contributed by atoms with E-state index in [1.165, 1.54) is 6.26 Å². The number of aromatic nitrogens is 1. The summed E-state index contributed by atoms with van der Waals surface area (Å²) in [7, 11) is 0. The van der Waals surface area contributed by atoms with Crippen molar-refractivity contribution in [2.75, 3.05) is 39.3 Å². The van der Waals surface area contributed by atoms with Crippen molar-refractivity contribution in [3.63, 3.8) is 0 Å². The lowest BCUT2D eigenvalue weighted by atomic mass is 10.3. The molecule has 8 nitrogen and oxygen atoms in total. The van der Waals surface area contributed by atoms with Crippen molar-refractivity contribution in [1.82, 2.24) is 20.3 Å². The molecule has 2 aromatic rings. The van der Waals surface area contributed by atoms with Gasteiger partial charge in [0.1, 0.15) is 0 Å². The Morgan fingerprint density at radius 1 is 1.25 bits per heavy atom. The van der Waals surface area contributed by atoms with Crippen LogP contribution in [-0.2, 0) is 4.79 Å².